The number of fused-ring (bicyclic) bond motifs is 1. The minimum atomic E-state index is -0.501. The van der Waals surface area contributed by atoms with Crippen molar-refractivity contribution in [1.82, 2.24) is 15.0 Å². The number of morpholine rings is 1. The maximum Gasteiger partial charge on any atom is 0.270 e. The quantitative estimate of drug-likeness (QED) is 0.358. The molecule has 0 aliphatic carbocycles. The Hall–Kier alpha value is -4.31. The molecule has 2 heterocycles. The largest absolute Gasteiger partial charge is 0.378 e. The van der Waals surface area contributed by atoms with Gasteiger partial charge in [0.25, 0.3) is 11.6 Å². The highest BCUT2D eigenvalue weighted by atomic mass is 16.6. The number of amides is 1. The molecule has 1 N–H and O–H groups in total. The summed E-state index contributed by atoms with van der Waals surface area (Å²) in [6.45, 7) is 4.14. The number of non-ortho nitro benzene ring substituents is 1. The van der Waals surface area contributed by atoms with E-state index in [1.807, 2.05) is 48.2 Å². The summed E-state index contributed by atoms with van der Waals surface area (Å²) in [6.07, 6.45) is 0. The maximum atomic E-state index is 13.3. The van der Waals surface area contributed by atoms with Crippen molar-refractivity contribution in [3.63, 3.8) is 0 Å². The first kappa shape index (κ1) is 21.5. The molecule has 0 saturated carbocycles. The third-order valence-electron chi connectivity index (χ3n) is 5.75. The van der Waals surface area contributed by atoms with Crippen LogP contribution in [-0.4, -0.2) is 52.1 Å². The molecular weight excluding hydrogens is 436 g/mol. The number of nitrogens with zero attached hydrogens (tertiary/aromatic N) is 5. The molecule has 1 aromatic heterocycles. The molecule has 1 fully saturated rings. The number of nitro groups is 1. The second-order valence-electron chi connectivity index (χ2n) is 7.99. The molecular formula is C24H22N6O4. The van der Waals surface area contributed by atoms with E-state index in [-0.39, 0.29) is 11.3 Å². The number of benzene rings is 3. The van der Waals surface area contributed by atoms with Crippen LogP contribution in [0.5, 0.6) is 0 Å². The molecule has 172 valence electrons. The summed E-state index contributed by atoms with van der Waals surface area (Å²) >= 11 is 0. The van der Waals surface area contributed by atoms with Crippen molar-refractivity contribution in [3.8, 4) is 5.69 Å². The van der Waals surface area contributed by atoms with Gasteiger partial charge < -0.3 is 15.0 Å². The van der Waals surface area contributed by atoms with E-state index in [1.165, 1.54) is 12.1 Å². The summed E-state index contributed by atoms with van der Waals surface area (Å²) in [4.78, 5) is 27.7. The Morgan fingerprint density at radius 2 is 1.74 bits per heavy atom. The first-order valence-corrected chi connectivity index (χ1v) is 10.9. The van der Waals surface area contributed by atoms with Crippen LogP contribution in [0.15, 0.2) is 60.7 Å². The molecule has 1 aliphatic rings. The number of nitro benzene ring substituents is 1. The van der Waals surface area contributed by atoms with Crippen LogP contribution >= 0.6 is 0 Å². The van der Waals surface area contributed by atoms with E-state index < -0.39 is 10.8 Å². The second-order valence-corrected chi connectivity index (χ2v) is 7.99. The summed E-state index contributed by atoms with van der Waals surface area (Å²) in [7, 11) is 0. The van der Waals surface area contributed by atoms with E-state index in [1.54, 1.807) is 16.9 Å². The molecule has 5 rings (SSSR count). The Bertz CT molecular complexity index is 1380. The Labute approximate surface area is 194 Å². The normalized spacial score (nSPS) is 13.7. The second kappa shape index (κ2) is 8.91. The zero-order valence-electron chi connectivity index (χ0n) is 18.5. The molecule has 4 aromatic rings. The van der Waals surface area contributed by atoms with Gasteiger partial charge in [-0.15, -0.1) is 10.2 Å². The van der Waals surface area contributed by atoms with Crippen molar-refractivity contribution in [3.05, 3.63) is 81.9 Å². The molecule has 0 radical (unpaired) electrons. The smallest absolute Gasteiger partial charge is 0.270 e. The number of ether oxygens (including phenoxy) is 1. The number of hydrogen-bond acceptors (Lipinski definition) is 7. The molecule has 1 amide bonds. The molecule has 0 atom stereocenters. The number of rotatable bonds is 5. The average Bonchev–Trinajstić information content (AvgIpc) is 3.27. The summed E-state index contributed by atoms with van der Waals surface area (Å²) in [5.41, 5.74) is 4.26. The lowest BCUT2D eigenvalue weighted by molar-refractivity contribution is -0.384. The Morgan fingerprint density at radius 1 is 1.03 bits per heavy atom. The number of carbonyl (C=O) groups excluding carboxylic acids is 1. The Balaban J connectivity index is 1.48. The fraction of sp³-hybridized carbons (Fsp3) is 0.208. The third-order valence-corrected chi connectivity index (χ3v) is 5.75. The highest BCUT2D eigenvalue weighted by Gasteiger charge is 2.23. The Kier molecular flexibility index (Phi) is 5.64. The van der Waals surface area contributed by atoms with Crippen molar-refractivity contribution in [2.24, 2.45) is 0 Å². The summed E-state index contributed by atoms with van der Waals surface area (Å²) in [5.74, 6) is -0.428. The summed E-state index contributed by atoms with van der Waals surface area (Å²) in [6, 6.07) is 17.5. The molecule has 34 heavy (non-hydrogen) atoms. The SMILES string of the molecule is Cc1cc2nn(-c3ccccc3)nc2cc1NC(=O)c1cc([N+](=O)[O-])ccc1N1CCOCC1. The summed E-state index contributed by atoms with van der Waals surface area (Å²) < 4.78 is 5.40. The first-order chi connectivity index (χ1) is 16.5. The van der Waals surface area contributed by atoms with Gasteiger partial charge >= 0.3 is 0 Å². The third kappa shape index (κ3) is 4.18. The highest BCUT2D eigenvalue weighted by molar-refractivity contribution is 6.09. The fourth-order valence-corrected chi connectivity index (χ4v) is 3.97. The van der Waals surface area contributed by atoms with Crippen molar-refractivity contribution < 1.29 is 14.5 Å². The molecule has 0 spiro atoms. The predicted octanol–water partition coefficient (Wildman–Crippen LogP) is 3.73. The van der Waals surface area contributed by atoms with Gasteiger partial charge in [-0.2, -0.15) is 4.80 Å². The average molecular weight is 458 g/mol. The van der Waals surface area contributed by atoms with E-state index in [9.17, 15) is 14.9 Å². The lowest BCUT2D eigenvalue weighted by atomic mass is 10.1. The molecule has 0 unspecified atom stereocenters. The van der Waals surface area contributed by atoms with Gasteiger partial charge in [-0.05, 0) is 42.8 Å². The van der Waals surface area contributed by atoms with E-state index in [4.69, 9.17) is 4.74 Å². The minimum absolute atomic E-state index is 0.139. The maximum absolute atomic E-state index is 13.3. The van der Waals surface area contributed by atoms with Crippen molar-refractivity contribution in [1.29, 1.82) is 0 Å². The number of anilines is 2. The number of aromatic nitrogens is 3. The molecule has 3 aromatic carbocycles. The van der Waals surface area contributed by atoms with Crippen LogP contribution in [0.4, 0.5) is 17.1 Å². The van der Waals surface area contributed by atoms with Crippen molar-refractivity contribution in [2.45, 2.75) is 6.92 Å². The number of nitrogens with one attached hydrogen (secondary N) is 1. The van der Waals surface area contributed by atoms with Crippen molar-refractivity contribution in [2.75, 3.05) is 36.5 Å². The van der Waals surface area contributed by atoms with Gasteiger partial charge in [0.1, 0.15) is 11.0 Å². The zero-order valence-corrected chi connectivity index (χ0v) is 18.5. The van der Waals surface area contributed by atoms with Gasteiger partial charge in [0.15, 0.2) is 0 Å². The van der Waals surface area contributed by atoms with Crippen LogP contribution in [0.1, 0.15) is 15.9 Å². The molecule has 0 bridgehead atoms. The van der Waals surface area contributed by atoms with Crippen LogP contribution in [-0.2, 0) is 4.74 Å². The Morgan fingerprint density at radius 3 is 2.44 bits per heavy atom. The molecule has 10 nitrogen and oxygen atoms in total. The van der Waals surface area contributed by atoms with E-state index in [0.29, 0.717) is 48.7 Å². The zero-order chi connectivity index (χ0) is 23.7. The standard InChI is InChI=1S/C24H22N6O4/c1-16-13-21-22(27-29(26-21)17-5-3-2-4-6-17)15-20(16)25-24(31)19-14-18(30(32)33)7-8-23(19)28-9-11-34-12-10-28/h2-8,13-15H,9-12H2,1H3,(H,25,31). The predicted molar refractivity (Wildman–Crippen MR) is 128 cm³/mol. The van der Waals surface area contributed by atoms with E-state index in [0.717, 1.165) is 11.3 Å². The number of hydrogen-bond donors (Lipinski definition) is 1. The van der Waals surface area contributed by atoms with Gasteiger partial charge in [-0.3, -0.25) is 14.9 Å². The lowest BCUT2D eigenvalue weighted by Crippen LogP contribution is -2.37. The monoisotopic (exact) mass is 458 g/mol. The molecule has 1 saturated heterocycles. The van der Waals surface area contributed by atoms with Gasteiger partial charge in [-0.1, -0.05) is 18.2 Å². The number of para-hydroxylation sites is 1. The van der Waals surface area contributed by atoms with Crippen LogP contribution in [0.2, 0.25) is 0 Å². The number of aryl methyl sites for hydroxylation is 1. The fourth-order valence-electron chi connectivity index (χ4n) is 3.97. The summed E-state index contributed by atoms with van der Waals surface area (Å²) in [5, 5.41) is 23.3. The lowest BCUT2D eigenvalue weighted by Gasteiger charge is -2.30. The van der Waals surface area contributed by atoms with Gasteiger partial charge in [0.2, 0.25) is 0 Å². The van der Waals surface area contributed by atoms with E-state index in [2.05, 4.69) is 15.5 Å². The first-order valence-electron chi connectivity index (χ1n) is 10.9. The molecule has 10 heteroatoms. The van der Waals surface area contributed by atoms with Gasteiger partial charge in [0.05, 0.1) is 35.1 Å². The molecule has 1 aliphatic heterocycles. The van der Waals surface area contributed by atoms with Gasteiger partial charge in [-0.25, -0.2) is 0 Å². The minimum Gasteiger partial charge on any atom is -0.378 e. The number of carbonyl (C=O) groups is 1. The van der Waals surface area contributed by atoms with Crippen LogP contribution in [0.3, 0.4) is 0 Å². The van der Waals surface area contributed by atoms with E-state index >= 15 is 0 Å². The van der Waals surface area contributed by atoms with Crippen LogP contribution in [0.25, 0.3) is 16.7 Å². The van der Waals surface area contributed by atoms with Crippen LogP contribution in [0, 0.1) is 17.0 Å². The van der Waals surface area contributed by atoms with Crippen LogP contribution < -0.4 is 10.2 Å². The topological polar surface area (TPSA) is 115 Å². The van der Waals surface area contributed by atoms with Gasteiger partial charge in [0, 0.05) is 30.9 Å². The van der Waals surface area contributed by atoms with Crippen molar-refractivity contribution >= 4 is 34.0 Å². The highest BCUT2D eigenvalue weighted by Crippen LogP contribution is 2.29.